The Morgan fingerprint density at radius 2 is 1.50 bits per heavy atom. The molecule has 0 aromatic carbocycles. The van der Waals surface area contributed by atoms with E-state index >= 15 is 0 Å². The van der Waals surface area contributed by atoms with Gasteiger partial charge in [0, 0.05) is 4.43 Å². The van der Waals surface area contributed by atoms with Gasteiger partial charge in [0.2, 0.25) is 0 Å². The smallest absolute Gasteiger partial charge is 0.117 e. The van der Waals surface area contributed by atoms with Gasteiger partial charge in [-0.15, -0.1) is 0 Å². The minimum absolute atomic E-state index is 0.626. The number of unbranched alkanes of at least 4 members (excludes halogenated alkanes) is 6. The average molecular weight is 314 g/mol. The first kappa shape index (κ1) is 14.7. The lowest BCUT2D eigenvalue weighted by Crippen LogP contribution is -2.19. The monoisotopic (exact) mass is 314 g/mol. The Hall–Kier alpha value is 0.660. The molecule has 0 bridgehead atoms. The first-order valence-electron chi connectivity index (χ1n) is 5.87. The van der Waals surface area contributed by atoms with Crippen molar-refractivity contribution in [1.29, 1.82) is 0 Å². The van der Waals surface area contributed by atoms with E-state index in [4.69, 9.17) is 0 Å². The molecule has 0 spiro atoms. The molecule has 0 heterocycles. The van der Waals surface area contributed by atoms with Crippen molar-refractivity contribution in [3.63, 3.8) is 0 Å². The molecule has 0 saturated carbocycles. The molecule has 1 unspecified atom stereocenters. The molecule has 0 fully saturated rings. The second kappa shape index (κ2) is 8.93. The van der Waals surface area contributed by atoms with E-state index < -0.39 is 5.67 Å². The molecule has 14 heavy (non-hydrogen) atoms. The van der Waals surface area contributed by atoms with Gasteiger partial charge < -0.3 is 0 Å². The van der Waals surface area contributed by atoms with Crippen molar-refractivity contribution < 1.29 is 4.39 Å². The Labute approximate surface area is 102 Å². The lowest BCUT2D eigenvalue weighted by atomic mass is 10.0. The maximum atomic E-state index is 13.4. The molecule has 0 radical (unpaired) electrons. The molecular formula is C12H24FI. The lowest BCUT2D eigenvalue weighted by Gasteiger charge is -2.16. The molecule has 0 aliphatic heterocycles. The van der Waals surface area contributed by atoms with Crippen molar-refractivity contribution in [3.8, 4) is 0 Å². The summed E-state index contributed by atoms with van der Waals surface area (Å²) < 4.78 is 14.1. The molecule has 0 aliphatic rings. The Morgan fingerprint density at radius 3 is 2.00 bits per heavy atom. The maximum absolute atomic E-state index is 13.4. The Kier molecular flexibility index (Phi) is 9.35. The van der Waals surface area contributed by atoms with Crippen molar-refractivity contribution in [2.75, 3.05) is 4.43 Å². The number of hydrogen-bond donors (Lipinski definition) is 0. The van der Waals surface area contributed by atoms with Crippen LogP contribution < -0.4 is 0 Å². The standard InChI is InChI=1S/C12H24FI/c1-3-4-5-6-7-8-9-10-12(2,13)11-14/h3-11H2,1-2H3. The Bertz CT molecular complexity index is 123. The molecular weight excluding hydrogens is 290 g/mol. The fourth-order valence-corrected chi connectivity index (χ4v) is 1.90. The molecule has 1 atom stereocenters. The highest BCUT2D eigenvalue weighted by molar-refractivity contribution is 14.1. The van der Waals surface area contributed by atoms with Crippen molar-refractivity contribution in [2.24, 2.45) is 0 Å². The molecule has 2 heteroatoms. The number of halogens is 2. The summed E-state index contributed by atoms with van der Waals surface area (Å²) in [6.07, 6.45) is 9.64. The van der Waals surface area contributed by atoms with Crippen molar-refractivity contribution >= 4 is 22.6 Å². The molecule has 0 saturated heterocycles. The zero-order valence-corrected chi connectivity index (χ0v) is 11.8. The van der Waals surface area contributed by atoms with Crippen LogP contribution in [0.1, 0.15) is 65.2 Å². The lowest BCUT2D eigenvalue weighted by molar-refractivity contribution is 0.205. The van der Waals surface area contributed by atoms with E-state index in [1.165, 1.54) is 38.5 Å². The SMILES string of the molecule is CCCCCCCCCC(C)(F)CI. The largest absolute Gasteiger partial charge is 0.243 e. The van der Waals surface area contributed by atoms with Gasteiger partial charge in [-0.1, -0.05) is 74.5 Å². The minimum atomic E-state index is -0.927. The van der Waals surface area contributed by atoms with Gasteiger partial charge in [-0.25, -0.2) is 4.39 Å². The molecule has 0 nitrogen and oxygen atoms in total. The fourth-order valence-electron chi connectivity index (χ4n) is 1.52. The normalized spacial score (nSPS) is 15.4. The second-order valence-corrected chi connectivity index (χ2v) is 5.18. The van der Waals surface area contributed by atoms with Crippen LogP contribution in [-0.4, -0.2) is 10.1 Å². The number of hydrogen-bond acceptors (Lipinski definition) is 0. The van der Waals surface area contributed by atoms with Gasteiger partial charge in [-0.05, 0) is 13.3 Å². The topological polar surface area (TPSA) is 0 Å². The molecule has 0 N–H and O–H groups in total. The first-order chi connectivity index (χ1) is 6.62. The molecule has 0 aliphatic carbocycles. The summed E-state index contributed by atoms with van der Waals surface area (Å²) in [5.41, 5.74) is -0.927. The van der Waals surface area contributed by atoms with Gasteiger partial charge in [0.15, 0.2) is 0 Å². The van der Waals surface area contributed by atoms with Crippen LogP contribution in [0.2, 0.25) is 0 Å². The van der Waals surface area contributed by atoms with Crippen LogP contribution in [0, 0.1) is 0 Å². The van der Waals surface area contributed by atoms with Crippen molar-refractivity contribution in [2.45, 2.75) is 70.9 Å². The van der Waals surface area contributed by atoms with Crippen LogP contribution >= 0.6 is 22.6 Å². The van der Waals surface area contributed by atoms with Gasteiger partial charge in [-0.2, -0.15) is 0 Å². The summed E-state index contributed by atoms with van der Waals surface area (Å²) in [7, 11) is 0. The summed E-state index contributed by atoms with van der Waals surface area (Å²) in [4.78, 5) is 0. The van der Waals surface area contributed by atoms with Crippen molar-refractivity contribution in [1.82, 2.24) is 0 Å². The quantitative estimate of drug-likeness (QED) is 0.308. The van der Waals surface area contributed by atoms with Gasteiger partial charge in [-0.3, -0.25) is 0 Å². The van der Waals surface area contributed by atoms with Crippen LogP contribution in [0.5, 0.6) is 0 Å². The van der Waals surface area contributed by atoms with Gasteiger partial charge >= 0.3 is 0 Å². The second-order valence-electron chi connectivity index (χ2n) is 4.42. The van der Waals surface area contributed by atoms with E-state index in [0.29, 0.717) is 4.43 Å². The third-order valence-electron chi connectivity index (χ3n) is 2.58. The third-order valence-corrected chi connectivity index (χ3v) is 4.17. The summed E-state index contributed by atoms with van der Waals surface area (Å²) in [5, 5.41) is 0. The van der Waals surface area contributed by atoms with Crippen LogP contribution in [0.3, 0.4) is 0 Å². The zero-order valence-electron chi connectivity index (χ0n) is 9.62. The summed E-state index contributed by atoms with van der Waals surface area (Å²) in [5.74, 6) is 0. The summed E-state index contributed by atoms with van der Waals surface area (Å²) >= 11 is 2.13. The van der Waals surface area contributed by atoms with Crippen LogP contribution in [-0.2, 0) is 0 Å². The van der Waals surface area contributed by atoms with Crippen LogP contribution in [0.4, 0.5) is 4.39 Å². The summed E-state index contributed by atoms with van der Waals surface area (Å²) in [6.45, 7) is 3.95. The zero-order chi connectivity index (χ0) is 10.9. The molecule has 0 aromatic heterocycles. The predicted octanol–water partition coefficient (Wildman–Crippen LogP) is 5.29. The van der Waals surface area contributed by atoms with E-state index in [-0.39, 0.29) is 0 Å². The van der Waals surface area contributed by atoms with Gasteiger partial charge in [0.05, 0.1) is 0 Å². The van der Waals surface area contributed by atoms with E-state index in [1.807, 2.05) is 0 Å². The van der Waals surface area contributed by atoms with E-state index in [1.54, 1.807) is 6.92 Å². The van der Waals surface area contributed by atoms with Crippen LogP contribution in [0.25, 0.3) is 0 Å². The number of rotatable bonds is 9. The van der Waals surface area contributed by atoms with Crippen molar-refractivity contribution in [3.05, 3.63) is 0 Å². The van der Waals surface area contributed by atoms with E-state index in [9.17, 15) is 4.39 Å². The Balaban J connectivity index is 3.13. The highest BCUT2D eigenvalue weighted by Gasteiger charge is 2.19. The third kappa shape index (κ3) is 9.22. The van der Waals surface area contributed by atoms with Gasteiger partial charge in [0.25, 0.3) is 0 Å². The Morgan fingerprint density at radius 1 is 1.00 bits per heavy atom. The molecule has 86 valence electrons. The fraction of sp³-hybridized carbons (Fsp3) is 1.00. The molecule has 0 rings (SSSR count). The van der Waals surface area contributed by atoms with E-state index in [2.05, 4.69) is 29.5 Å². The van der Waals surface area contributed by atoms with Crippen LogP contribution in [0.15, 0.2) is 0 Å². The van der Waals surface area contributed by atoms with E-state index in [0.717, 1.165) is 12.8 Å². The highest BCUT2D eigenvalue weighted by atomic mass is 127. The molecule has 0 aromatic rings. The van der Waals surface area contributed by atoms with Gasteiger partial charge in [0.1, 0.15) is 5.67 Å². The number of alkyl halides is 2. The highest BCUT2D eigenvalue weighted by Crippen LogP contribution is 2.22. The maximum Gasteiger partial charge on any atom is 0.117 e. The summed E-state index contributed by atoms with van der Waals surface area (Å²) in [6, 6.07) is 0. The average Bonchev–Trinajstić information content (AvgIpc) is 2.16. The molecule has 0 amide bonds. The predicted molar refractivity (Wildman–Crippen MR) is 71.0 cm³/mol. The first-order valence-corrected chi connectivity index (χ1v) is 7.40. The minimum Gasteiger partial charge on any atom is -0.243 e.